The molecular weight excluding hydrogens is 188 g/mol. The molecule has 0 unspecified atom stereocenters. The second kappa shape index (κ2) is 8.72. The number of amides is 1. The van der Waals surface area contributed by atoms with Crippen LogP contribution in [0.3, 0.4) is 0 Å². The third kappa shape index (κ3) is 8.43. The molecule has 1 amide bonds. The summed E-state index contributed by atoms with van der Waals surface area (Å²) in [5, 5.41) is 6.29. The molecule has 90 valence electrons. The zero-order chi connectivity index (χ0) is 11.7. The fourth-order valence-corrected chi connectivity index (χ4v) is 1.37. The van der Waals surface area contributed by atoms with Gasteiger partial charge in [0.25, 0.3) is 0 Å². The Morgan fingerprint density at radius 3 is 2.27 bits per heavy atom. The van der Waals surface area contributed by atoms with Gasteiger partial charge in [-0.1, -0.05) is 27.7 Å². The van der Waals surface area contributed by atoms with Gasteiger partial charge < -0.3 is 10.6 Å². The van der Waals surface area contributed by atoms with Gasteiger partial charge in [0.05, 0.1) is 0 Å². The van der Waals surface area contributed by atoms with Crippen LogP contribution >= 0.6 is 0 Å². The Morgan fingerprint density at radius 2 is 1.80 bits per heavy atom. The van der Waals surface area contributed by atoms with Gasteiger partial charge in [-0.25, -0.2) is 0 Å². The van der Waals surface area contributed by atoms with Crippen LogP contribution in [0.25, 0.3) is 0 Å². The summed E-state index contributed by atoms with van der Waals surface area (Å²) in [7, 11) is 0. The van der Waals surface area contributed by atoms with Crippen LogP contribution in [0.15, 0.2) is 0 Å². The van der Waals surface area contributed by atoms with Crippen molar-refractivity contribution in [2.75, 3.05) is 13.1 Å². The van der Waals surface area contributed by atoms with Gasteiger partial charge in [-0.05, 0) is 18.8 Å². The lowest BCUT2D eigenvalue weighted by Crippen LogP contribution is -2.34. The molecule has 15 heavy (non-hydrogen) atoms. The Morgan fingerprint density at radius 1 is 1.20 bits per heavy atom. The Kier molecular flexibility index (Phi) is 8.38. The summed E-state index contributed by atoms with van der Waals surface area (Å²) in [5.41, 5.74) is 0. The van der Waals surface area contributed by atoms with Crippen LogP contribution in [0.2, 0.25) is 0 Å². The van der Waals surface area contributed by atoms with Crippen LogP contribution in [-0.4, -0.2) is 25.0 Å². The van der Waals surface area contributed by atoms with Gasteiger partial charge in [0.2, 0.25) is 5.91 Å². The van der Waals surface area contributed by atoms with Crippen molar-refractivity contribution in [1.82, 2.24) is 10.6 Å². The zero-order valence-electron chi connectivity index (χ0n) is 10.6. The Balaban J connectivity index is 3.46. The van der Waals surface area contributed by atoms with Crippen molar-refractivity contribution in [3.63, 3.8) is 0 Å². The largest absolute Gasteiger partial charge is 0.356 e. The lowest BCUT2D eigenvalue weighted by molar-refractivity contribution is -0.121. The van der Waals surface area contributed by atoms with Crippen LogP contribution in [0.5, 0.6) is 0 Å². The number of carbonyl (C=O) groups excluding carboxylic acids is 1. The standard InChI is InChI=1S/C12H26N2O/c1-5-11(6-2)13-8-7-12(15)14-9-10(3)4/h10-11,13H,5-9H2,1-4H3,(H,14,15). The highest BCUT2D eigenvalue weighted by atomic mass is 16.1. The van der Waals surface area contributed by atoms with Gasteiger partial charge in [0, 0.05) is 25.6 Å². The molecule has 0 aromatic carbocycles. The van der Waals surface area contributed by atoms with E-state index >= 15 is 0 Å². The van der Waals surface area contributed by atoms with Crippen molar-refractivity contribution in [2.45, 2.75) is 53.0 Å². The highest BCUT2D eigenvalue weighted by Crippen LogP contribution is 1.95. The minimum atomic E-state index is 0.155. The summed E-state index contributed by atoms with van der Waals surface area (Å²) >= 11 is 0. The topological polar surface area (TPSA) is 41.1 Å². The molecule has 0 atom stereocenters. The van der Waals surface area contributed by atoms with E-state index in [0.717, 1.165) is 25.9 Å². The molecule has 3 heteroatoms. The lowest BCUT2D eigenvalue weighted by Gasteiger charge is -2.14. The van der Waals surface area contributed by atoms with E-state index < -0.39 is 0 Å². The Bertz CT molecular complexity index is 165. The normalized spacial score (nSPS) is 11.1. The molecule has 0 heterocycles. The van der Waals surface area contributed by atoms with Gasteiger partial charge in [0.15, 0.2) is 0 Å². The fraction of sp³-hybridized carbons (Fsp3) is 0.917. The molecule has 0 rings (SSSR count). The van der Waals surface area contributed by atoms with Gasteiger partial charge >= 0.3 is 0 Å². The number of hydrogen-bond donors (Lipinski definition) is 2. The highest BCUT2D eigenvalue weighted by molar-refractivity contribution is 5.76. The maximum atomic E-state index is 11.4. The van der Waals surface area contributed by atoms with E-state index in [0.29, 0.717) is 18.4 Å². The summed E-state index contributed by atoms with van der Waals surface area (Å²) < 4.78 is 0. The first-order chi connectivity index (χ1) is 7.10. The molecular formula is C12H26N2O. The van der Waals surface area contributed by atoms with Crippen LogP contribution < -0.4 is 10.6 Å². The monoisotopic (exact) mass is 214 g/mol. The van der Waals surface area contributed by atoms with E-state index in [4.69, 9.17) is 0 Å². The van der Waals surface area contributed by atoms with Crippen LogP contribution in [0.4, 0.5) is 0 Å². The van der Waals surface area contributed by atoms with E-state index in [1.54, 1.807) is 0 Å². The first-order valence-corrected chi connectivity index (χ1v) is 6.10. The van der Waals surface area contributed by atoms with Crippen molar-refractivity contribution in [2.24, 2.45) is 5.92 Å². The molecule has 0 saturated carbocycles. The van der Waals surface area contributed by atoms with Crippen molar-refractivity contribution >= 4 is 5.91 Å². The second-order valence-corrected chi connectivity index (χ2v) is 4.42. The molecule has 0 spiro atoms. The molecule has 0 fully saturated rings. The third-order valence-corrected chi connectivity index (χ3v) is 2.48. The molecule has 0 aliphatic heterocycles. The second-order valence-electron chi connectivity index (χ2n) is 4.42. The van der Waals surface area contributed by atoms with E-state index in [2.05, 4.69) is 38.3 Å². The van der Waals surface area contributed by atoms with Gasteiger partial charge in [-0.15, -0.1) is 0 Å². The summed E-state index contributed by atoms with van der Waals surface area (Å²) in [6.45, 7) is 10.1. The van der Waals surface area contributed by atoms with E-state index in [1.165, 1.54) is 0 Å². The van der Waals surface area contributed by atoms with Gasteiger partial charge in [-0.2, -0.15) is 0 Å². The molecule has 0 aromatic rings. The molecule has 0 bridgehead atoms. The van der Waals surface area contributed by atoms with Crippen molar-refractivity contribution in [1.29, 1.82) is 0 Å². The number of carbonyl (C=O) groups is 1. The average Bonchev–Trinajstić information content (AvgIpc) is 2.21. The molecule has 2 N–H and O–H groups in total. The third-order valence-electron chi connectivity index (χ3n) is 2.48. The molecule has 0 saturated heterocycles. The first-order valence-electron chi connectivity index (χ1n) is 6.10. The van der Waals surface area contributed by atoms with Crippen molar-refractivity contribution in [3.05, 3.63) is 0 Å². The summed E-state index contributed by atoms with van der Waals surface area (Å²) in [5.74, 6) is 0.683. The van der Waals surface area contributed by atoms with Gasteiger partial charge in [-0.3, -0.25) is 4.79 Å². The predicted octanol–water partition coefficient (Wildman–Crippen LogP) is 1.93. The van der Waals surface area contributed by atoms with Crippen LogP contribution in [0.1, 0.15) is 47.0 Å². The van der Waals surface area contributed by atoms with Crippen molar-refractivity contribution in [3.8, 4) is 0 Å². The highest BCUT2D eigenvalue weighted by Gasteiger charge is 2.04. The minimum Gasteiger partial charge on any atom is -0.356 e. The fourth-order valence-electron chi connectivity index (χ4n) is 1.37. The predicted molar refractivity (Wildman–Crippen MR) is 64.8 cm³/mol. The smallest absolute Gasteiger partial charge is 0.221 e. The first kappa shape index (κ1) is 14.4. The van der Waals surface area contributed by atoms with Crippen molar-refractivity contribution < 1.29 is 4.79 Å². The van der Waals surface area contributed by atoms with E-state index in [1.807, 2.05) is 0 Å². The van der Waals surface area contributed by atoms with E-state index in [9.17, 15) is 4.79 Å². The average molecular weight is 214 g/mol. The SMILES string of the molecule is CCC(CC)NCCC(=O)NCC(C)C. The zero-order valence-corrected chi connectivity index (χ0v) is 10.6. The molecule has 0 aliphatic rings. The van der Waals surface area contributed by atoms with Crippen LogP contribution in [0, 0.1) is 5.92 Å². The van der Waals surface area contributed by atoms with E-state index in [-0.39, 0.29) is 5.91 Å². The quantitative estimate of drug-likeness (QED) is 0.648. The molecule has 0 aromatic heterocycles. The Hall–Kier alpha value is -0.570. The maximum absolute atomic E-state index is 11.4. The Labute approximate surface area is 94.0 Å². The number of hydrogen-bond acceptors (Lipinski definition) is 2. The molecule has 3 nitrogen and oxygen atoms in total. The lowest BCUT2D eigenvalue weighted by atomic mass is 10.1. The summed E-state index contributed by atoms with van der Waals surface area (Å²) in [6, 6.07) is 0.558. The van der Waals surface area contributed by atoms with Gasteiger partial charge in [0.1, 0.15) is 0 Å². The number of rotatable bonds is 8. The molecule has 0 radical (unpaired) electrons. The summed E-state index contributed by atoms with van der Waals surface area (Å²) in [4.78, 5) is 11.4. The molecule has 0 aliphatic carbocycles. The summed E-state index contributed by atoms with van der Waals surface area (Å²) in [6.07, 6.45) is 2.84. The minimum absolute atomic E-state index is 0.155. The maximum Gasteiger partial charge on any atom is 0.221 e. The van der Waals surface area contributed by atoms with Crippen LogP contribution in [-0.2, 0) is 4.79 Å². The number of nitrogens with one attached hydrogen (secondary N) is 2.